The average molecular weight is 648 g/mol. The standard InChI is InChI=1S/C31H48Cl2N2O8/c1-2-3-4-5-6-7-8-12-17-40-31-29(39-19-16-35-26(37)21-33)28(38-18-15-34-25(36)20-32)27-24(42-31)22-41-30(43-27)23-13-10-9-11-14-23/h9-11,13-14,24,27-31H,2-8,12,15-22H2,1H3,(H,34,36)(H,35,37)/t24-,27-,28+,29-,30?,31-/m1/s1. The summed E-state index contributed by atoms with van der Waals surface area (Å²) in [5.74, 6) is -0.824. The van der Waals surface area contributed by atoms with Gasteiger partial charge in [0.1, 0.15) is 36.2 Å². The second-order valence-corrected chi connectivity index (χ2v) is 11.2. The van der Waals surface area contributed by atoms with Crippen LogP contribution in [0.2, 0.25) is 0 Å². The van der Waals surface area contributed by atoms with Crippen LogP contribution in [0.5, 0.6) is 0 Å². The van der Waals surface area contributed by atoms with Crippen LogP contribution in [0.3, 0.4) is 0 Å². The zero-order valence-electron chi connectivity index (χ0n) is 25.2. The molecule has 0 spiro atoms. The normalized spacial score (nSPS) is 25.2. The first-order valence-electron chi connectivity index (χ1n) is 15.5. The van der Waals surface area contributed by atoms with Gasteiger partial charge in [-0.2, -0.15) is 0 Å². The van der Waals surface area contributed by atoms with Crippen molar-refractivity contribution in [2.45, 2.75) is 95.3 Å². The van der Waals surface area contributed by atoms with Crippen molar-refractivity contribution in [1.29, 1.82) is 0 Å². The monoisotopic (exact) mass is 646 g/mol. The Hall–Kier alpha value is -1.50. The fraction of sp³-hybridized carbons (Fsp3) is 0.742. The van der Waals surface area contributed by atoms with Gasteiger partial charge in [-0.3, -0.25) is 9.59 Å². The lowest BCUT2D eigenvalue weighted by Crippen LogP contribution is -2.64. The van der Waals surface area contributed by atoms with E-state index in [0.717, 1.165) is 18.4 Å². The third kappa shape index (κ3) is 12.8. The molecule has 43 heavy (non-hydrogen) atoms. The van der Waals surface area contributed by atoms with Crippen molar-refractivity contribution in [3.8, 4) is 0 Å². The number of unbranched alkanes of at least 4 members (excludes halogenated alkanes) is 7. The third-order valence-electron chi connectivity index (χ3n) is 7.35. The summed E-state index contributed by atoms with van der Waals surface area (Å²) >= 11 is 11.2. The lowest BCUT2D eigenvalue weighted by molar-refractivity contribution is -0.370. The molecule has 3 rings (SSSR count). The molecule has 2 N–H and O–H groups in total. The van der Waals surface area contributed by atoms with E-state index in [1.165, 1.54) is 38.5 Å². The minimum absolute atomic E-state index is 0.129. The lowest BCUT2D eigenvalue weighted by Gasteiger charge is -2.49. The van der Waals surface area contributed by atoms with Gasteiger partial charge < -0.3 is 39.1 Å². The molecule has 10 nitrogen and oxygen atoms in total. The van der Waals surface area contributed by atoms with Gasteiger partial charge in [0.2, 0.25) is 11.8 Å². The van der Waals surface area contributed by atoms with E-state index >= 15 is 0 Å². The van der Waals surface area contributed by atoms with Crippen molar-refractivity contribution in [2.24, 2.45) is 0 Å². The third-order valence-corrected chi connectivity index (χ3v) is 7.83. The van der Waals surface area contributed by atoms with Crippen LogP contribution in [0.4, 0.5) is 0 Å². The average Bonchev–Trinajstić information content (AvgIpc) is 3.04. The smallest absolute Gasteiger partial charge is 0.235 e. The van der Waals surface area contributed by atoms with Crippen molar-refractivity contribution in [2.75, 3.05) is 51.3 Å². The summed E-state index contributed by atoms with van der Waals surface area (Å²) in [6.45, 7) is 3.92. The molecule has 2 aliphatic heterocycles. The molecule has 2 fully saturated rings. The van der Waals surface area contributed by atoms with Gasteiger partial charge in [0.15, 0.2) is 12.6 Å². The zero-order chi connectivity index (χ0) is 30.7. The lowest BCUT2D eigenvalue weighted by atomic mass is 9.97. The molecular formula is C31H48Cl2N2O8. The summed E-state index contributed by atoms with van der Waals surface area (Å²) in [5.41, 5.74) is 0.878. The van der Waals surface area contributed by atoms with Gasteiger partial charge in [0.05, 0.1) is 19.8 Å². The number of carbonyl (C=O) groups excluding carboxylic acids is 2. The minimum Gasteiger partial charge on any atom is -0.371 e. The van der Waals surface area contributed by atoms with Crippen molar-refractivity contribution in [3.63, 3.8) is 0 Å². The Morgan fingerprint density at radius 1 is 0.791 bits per heavy atom. The Morgan fingerprint density at radius 3 is 2.02 bits per heavy atom. The van der Waals surface area contributed by atoms with Crippen molar-refractivity contribution in [3.05, 3.63) is 35.9 Å². The number of nitrogens with one attached hydrogen (secondary N) is 2. The van der Waals surface area contributed by atoms with E-state index in [1.54, 1.807) is 0 Å². The Balaban J connectivity index is 1.67. The van der Waals surface area contributed by atoms with E-state index in [4.69, 9.17) is 51.6 Å². The Morgan fingerprint density at radius 2 is 1.40 bits per heavy atom. The maximum atomic E-state index is 11.7. The predicted octanol–water partition coefficient (Wildman–Crippen LogP) is 4.46. The highest BCUT2D eigenvalue weighted by Gasteiger charge is 2.51. The highest BCUT2D eigenvalue weighted by Crippen LogP contribution is 2.36. The fourth-order valence-corrected chi connectivity index (χ4v) is 5.32. The zero-order valence-corrected chi connectivity index (χ0v) is 26.7. The summed E-state index contributed by atoms with van der Waals surface area (Å²) < 4.78 is 37.7. The molecule has 12 heteroatoms. The fourth-order valence-electron chi connectivity index (χ4n) is 5.13. The molecule has 6 atom stereocenters. The highest BCUT2D eigenvalue weighted by atomic mass is 35.5. The van der Waals surface area contributed by atoms with Crippen LogP contribution in [0.15, 0.2) is 30.3 Å². The van der Waals surface area contributed by atoms with Gasteiger partial charge in [0, 0.05) is 25.3 Å². The van der Waals surface area contributed by atoms with E-state index in [1.807, 2.05) is 30.3 Å². The number of carbonyl (C=O) groups is 2. The molecule has 0 bridgehead atoms. The predicted molar refractivity (Wildman–Crippen MR) is 164 cm³/mol. The second-order valence-electron chi connectivity index (χ2n) is 10.7. The minimum atomic E-state index is -0.738. The number of fused-ring (bicyclic) bond motifs is 1. The van der Waals surface area contributed by atoms with E-state index in [0.29, 0.717) is 6.61 Å². The van der Waals surface area contributed by atoms with Crippen molar-refractivity contribution < 1.29 is 38.0 Å². The Labute approximate surface area is 265 Å². The van der Waals surface area contributed by atoms with Gasteiger partial charge in [0.25, 0.3) is 0 Å². The van der Waals surface area contributed by atoms with Crippen LogP contribution in [-0.2, 0) is 38.0 Å². The number of amides is 2. The molecule has 0 saturated carbocycles. The van der Waals surface area contributed by atoms with Crippen LogP contribution in [0, 0.1) is 0 Å². The summed E-state index contributed by atoms with van der Waals surface area (Å²) in [6.07, 6.45) is 5.89. The number of rotatable bonds is 21. The van der Waals surface area contributed by atoms with Gasteiger partial charge in [-0.05, 0) is 6.42 Å². The molecule has 2 heterocycles. The first kappa shape index (κ1) is 36.0. The molecule has 2 amide bonds. The topological polar surface area (TPSA) is 114 Å². The van der Waals surface area contributed by atoms with Gasteiger partial charge in [-0.25, -0.2) is 0 Å². The second kappa shape index (κ2) is 21.3. The number of alkyl halides is 2. The molecule has 2 aliphatic rings. The maximum Gasteiger partial charge on any atom is 0.235 e. The first-order valence-corrected chi connectivity index (χ1v) is 16.6. The van der Waals surface area contributed by atoms with E-state index in [2.05, 4.69) is 17.6 Å². The number of ether oxygens (including phenoxy) is 6. The number of halogens is 2. The summed E-state index contributed by atoms with van der Waals surface area (Å²) in [5, 5.41) is 5.43. The number of hydrogen-bond acceptors (Lipinski definition) is 8. The molecule has 1 unspecified atom stereocenters. The van der Waals surface area contributed by atoms with Gasteiger partial charge in [-0.1, -0.05) is 82.2 Å². The molecule has 0 aliphatic carbocycles. The van der Waals surface area contributed by atoms with Crippen LogP contribution in [0.25, 0.3) is 0 Å². The van der Waals surface area contributed by atoms with Crippen LogP contribution < -0.4 is 10.6 Å². The maximum absolute atomic E-state index is 11.7. The Bertz CT molecular complexity index is 915. The van der Waals surface area contributed by atoms with E-state index in [9.17, 15) is 9.59 Å². The van der Waals surface area contributed by atoms with Crippen molar-refractivity contribution >= 4 is 35.0 Å². The molecule has 1 aromatic rings. The van der Waals surface area contributed by atoms with E-state index in [-0.39, 0.29) is 56.5 Å². The quantitative estimate of drug-likeness (QED) is 0.149. The largest absolute Gasteiger partial charge is 0.371 e. The Kier molecular flexibility index (Phi) is 17.8. The number of hydrogen-bond donors (Lipinski definition) is 2. The molecule has 0 radical (unpaired) electrons. The summed E-state index contributed by atoms with van der Waals surface area (Å²) in [7, 11) is 0. The van der Waals surface area contributed by atoms with E-state index < -0.39 is 37.0 Å². The number of benzene rings is 1. The van der Waals surface area contributed by atoms with Crippen LogP contribution in [-0.4, -0.2) is 93.8 Å². The summed E-state index contributed by atoms with van der Waals surface area (Å²) in [4.78, 5) is 23.3. The van der Waals surface area contributed by atoms with Gasteiger partial charge >= 0.3 is 0 Å². The molecule has 2 saturated heterocycles. The first-order chi connectivity index (χ1) is 21.1. The summed E-state index contributed by atoms with van der Waals surface area (Å²) in [6, 6.07) is 9.66. The molecular weight excluding hydrogens is 599 g/mol. The van der Waals surface area contributed by atoms with Crippen LogP contribution in [0.1, 0.15) is 70.1 Å². The van der Waals surface area contributed by atoms with Crippen molar-refractivity contribution in [1.82, 2.24) is 10.6 Å². The van der Waals surface area contributed by atoms with Gasteiger partial charge in [-0.15, -0.1) is 23.2 Å². The highest BCUT2D eigenvalue weighted by molar-refractivity contribution is 6.27. The molecule has 244 valence electrons. The van der Waals surface area contributed by atoms with Crippen LogP contribution >= 0.6 is 23.2 Å². The SMILES string of the molecule is CCCCCCCCCCO[C@@H]1O[C@@H]2COC(c3ccccc3)O[C@H]2[C@H](OCCNC(=O)CCl)[C@H]1OCCNC(=O)CCl. The molecule has 0 aromatic heterocycles. The molecule has 1 aromatic carbocycles.